The molecule has 1 fully saturated rings. The number of nitrogens with zero attached hydrogens (tertiary/aromatic N) is 1. The van der Waals surface area contributed by atoms with Crippen molar-refractivity contribution in [1.82, 2.24) is 15.8 Å². The molecule has 0 aliphatic carbocycles. The van der Waals surface area contributed by atoms with E-state index in [9.17, 15) is 19.5 Å². The van der Waals surface area contributed by atoms with Gasteiger partial charge in [0.25, 0.3) is 11.8 Å². The molecule has 1 aromatic carbocycles. The van der Waals surface area contributed by atoms with E-state index in [0.717, 1.165) is 11.3 Å². The van der Waals surface area contributed by atoms with E-state index in [0.29, 0.717) is 13.0 Å². The summed E-state index contributed by atoms with van der Waals surface area (Å²) in [6.07, 6.45) is 1.56. The quantitative estimate of drug-likeness (QED) is 0.707. The van der Waals surface area contributed by atoms with Crippen molar-refractivity contribution < 1.29 is 19.5 Å². The molecule has 2 heterocycles. The van der Waals surface area contributed by atoms with Crippen molar-refractivity contribution in [2.24, 2.45) is 0 Å². The Hall–Kier alpha value is -2.87. The van der Waals surface area contributed by atoms with Crippen molar-refractivity contribution in [3.63, 3.8) is 0 Å². The maximum absolute atomic E-state index is 12.5. The number of phenols is 1. The Morgan fingerprint density at radius 3 is 2.69 bits per heavy atom. The molecule has 3 N–H and O–H groups in total. The summed E-state index contributed by atoms with van der Waals surface area (Å²) in [5, 5.41) is 11.6. The van der Waals surface area contributed by atoms with Gasteiger partial charge in [-0.3, -0.25) is 25.2 Å². The van der Waals surface area contributed by atoms with E-state index in [-0.39, 0.29) is 23.6 Å². The highest BCUT2D eigenvalue weighted by molar-refractivity contribution is 7.10. The number of rotatable bonds is 4. The number of amides is 3. The maximum atomic E-state index is 12.5. The van der Waals surface area contributed by atoms with Crippen LogP contribution in [0.5, 0.6) is 5.75 Å². The molecule has 0 bridgehead atoms. The van der Waals surface area contributed by atoms with Crippen LogP contribution in [0.15, 0.2) is 41.8 Å². The molecule has 8 heteroatoms. The third-order valence-electron chi connectivity index (χ3n) is 4.23. The van der Waals surface area contributed by atoms with Crippen LogP contribution in [-0.2, 0) is 16.0 Å². The predicted octanol–water partition coefficient (Wildman–Crippen LogP) is 1.45. The number of hydrogen-bond acceptors (Lipinski definition) is 5. The largest absolute Gasteiger partial charge is 0.507 e. The van der Waals surface area contributed by atoms with Crippen LogP contribution in [0.25, 0.3) is 0 Å². The molecule has 0 saturated carbocycles. The van der Waals surface area contributed by atoms with Gasteiger partial charge in [0.15, 0.2) is 0 Å². The van der Waals surface area contributed by atoms with Gasteiger partial charge in [-0.2, -0.15) is 0 Å². The van der Waals surface area contributed by atoms with E-state index in [4.69, 9.17) is 0 Å². The summed E-state index contributed by atoms with van der Waals surface area (Å²) in [5.41, 5.74) is 4.70. The van der Waals surface area contributed by atoms with Crippen LogP contribution < -0.4 is 10.9 Å². The number of aromatic hydroxyl groups is 1. The molecule has 1 aliphatic heterocycles. The molecule has 2 aromatic rings. The van der Waals surface area contributed by atoms with Gasteiger partial charge < -0.3 is 10.0 Å². The zero-order valence-corrected chi connectivity index (χ0v) is 14.8. The number of phenolic OH excluding ortho intramolecular Hbond substituents is 1. The Kier molecular flexibility index (Phi) is 5.52. The number of carbonyl (C=O) groups is 3. The van der Waals surface area contributed by atoms with Crippen LogP contribution in [0, 0.1) is 0 Å². The highest BCUT2D eigenvalue weighted by atomic mass is 32.1. The number of likely N-dealkylation sites (tertiary alicyclic amines) is 1. The van der Waals surface area contributed by atoms with E-state index < -0.39 is 17.9 Å². The van der Waals surface area contributed by atoms with Crippen molar-refractivity contribution in [3.8, 4) is 5.75 Å². The molecule has 26 heavy (non-hydrogen) atoms. The predicted molar refractivity (Wildman–Crippen MR) is 96.5 cm³/mol. The molecule has 1 aromatic heterocycles. The lowest BCUT2D eigenvalue weighted by Crippen LogP contribution is -2.51. The van der Waals surface area contributed by atoms with Gasteiger partial charge in [-0.25, -0.2) is 0 Å². The fraction of sp³-hybridized carbons (Fsp3) is 0.278. The van der Waals surface area contributed by atoms with Gasteiger partial charge in [0.05, 0.1) is 12.0 Å². The van der Waals surface area contributed by atoms with Gasteiger partial charge in [-0.1, -0.05) is 18.2 Å². The molecule has 0 radical (unpaired) electrons. The molecule has 7 nitrogen and oxygen atoms in total. The van der Waals surface area contributed by atoms with Crippen molar-refractivity contribution >= 4 is 29.1 Å². The minimum Gasteiger partial charge on any atom is -0.507 e. The molecule has 0 spiro atoms. The lowest BCUT2D eigenvalue weighted by molar-refractivity contribution is -0.138. The monoisotopic (exact) mass is 373 g/mol. The Bertz CT molecular complexity index is 807. The third-order valence-corrected chi connectivity index (χ3v) is 5.11. The average molecular weight is 373 g/mol. The molecule has 1 unspecified atom stereocenters. The maximum Gasteiger partial charge on any atom is 0.273 e. The number of hydrazine groups is 1. The Morgan fingerprint density at radius 2 is 1.96 bits per heavy atom. The summed E-state index contributed by atoms with van der Waals surface area (Å²) in [4.78, 5) is 39.4. The normalized spacial score (nSPS) is 16.3. The summed E-state index contributed by atoms with van der Waals surface area (Å²) >= 11 is 1.50. The molecule has 3 amide bonds. The van der Waals surface area contributed by atoms with E-state index in [1.54, 1.807) is 17.0 Å². The van der Waals surface area contributed by atoms with Gasteiger partial charge in [-0.15, -0.1) is 11.3 Å². The van der Waals surface area contributed by atoms with Crippen LogP contribution in [0.2, 0.25) is 0 Å². The summed E-state index contributed by atoms with van der Waals surface area (Å²) in [7, 11) is 0. The molecule has 1 atom stereocenters. The second kappa shape index (κ2) is 8.01. The van der Waals surface area contributed by atoms with Gasteiger partial charge in [0.2, 0.25) is 5.91 Å². The summed E-state index contributed by atoms with van der Waals surface area (Å²) in [6.45, 7) is 0.524. The molecule has 136 valence electrons. The Morgan fingerprint density at radius 1 is 1.15 bits per heavy atom. The minimum atomic E-state index is -0.620. The average Bonchev–Trinajstić information content (AvgIpc) is 3.31. The second-order valence-electron chi connectivity index (χ2n) is 5.96. The van der Waals surface area contributed by atoms with Gasteiger partial charge in [-0.05, 0) is 36.4 Å². The molecule has 3 rings (SSSR count). The van der Waals surface area contributed by atoms with Gasteiger partial charge in [0, 0.05) is 11.4 Å². The van der Waals surface area contributed by atoms with Crippen LogP contribution in [0.3, 0.4) is 0 Å². The van der Waals surface area contributed by atoms with E-state index in [1.165, 1.54) is 23.5 Å². The van der Waals surface area contributed by atoms with E-state index >= 15 is 0 Å². The summed E-state index contributed by atoms with van der Waals surface area (Å²) < 4.78 is 0. The molecular formula is C18H19N3O4S. The van der Waals surface area contributed by atoms with Crippen molar-refractivity contribution in [3.05, 3.63) is 52.2 Å². The number of benzene rings is 1. The zero-order valence-electron chi connectivity index (χ0n) is 14.0. The SMILES string of the molecule is O=C(NNC(=O)C1CCCN1C(=O)Cc1cccs1)c1ccccc1O. The number of hydrogen-bond donors (Lipinski definition) is 3. The standard InChI is InChI=1S/C18H19N3O4S/c22-15-8-2-1-6-13(15)17(24)19-20-18(25)14-7-3-9-21(14)16(23)11-12-5-4-10-26-12/h1-2,4-6,8,10,14,22H,3,7,9,11H2,(H,19,24)(H,20,25). The lowest BCUT2D eigenvalue weighted by Gasteiger charge is -2.24. The van der Waals surface area contributed by atoms with Gasteiger partial charge in [0.1, 0.15) is 11.8 Å². The lowest BCUT2D eigenvalue weighted by atomic mass is 10.2. The summed E-state index contributed by atoms with van der Waals surface area (Å²) in [5.74, 6) is -1.33. The Labute approximate surface area is 154 Å². The number of para-hydroxylation sites is 1. The van der Waals surface area contributed by atoms with Crippen molar-refractivity contribution in [2.75, 3.05) is 6.54 Å². The zero-order chi connectivity index (χ0) is 18.5. The third kappa shape index (κ3) is 4.02. The number of nitrogens with one attached hydrogen (secondary N) is 2. The van der Waals surface area contributed by atoms with E-state index in [1.807, 2.05) is 17.5 Å². The van der Waals surface area contributed by atoms with Gasteiger partial charge >= 0.3 is 0 Å². The fourth-order valence-electron chi connectivity index (χ4n) is 2.94. The highest BCUT2D eigenvalue weighted by Gasteiger charge is 2.34. The van der Waals surface area contributed by atoms with Crippen LogP contribution >= 0.6 is 11.3 Å². The first-order chi connectivity index (χ1) is 12.6. The minimum absolute atomic E-state index is 0.0600. The van der Waals surface area contributed by atoms with Crippen molar-refractivity contribution in [2.45, 2.75) is 25.3 Å². The Balaban J connectivity index is 1.57. The summed E-state index contributed by atoms with van der Waals surface area (Å²) in [6, 6.07) is 9.21. The topological polar surface area (TPSA) is 98.7 Å². The molecule has 1 aliphatic rings. The first kappa shape index (κ1) is 17.9. The van der Waals surface area contributed by atoms with Crippen LogP contribution in [0.4, 0.5) is 0 Å². The highest BCUT2D eigenvalue weighted by Crippen LogP contribution is 2.20. The first-order valence-electron chi connectivity index (χ1n) is 8.26. The number of carbonyl (C=O) groups excluding carboxylic acids is 3. The van der Waals surface area contributed by atoms with Crippen LogP contribution in [-0.4, -0.2) is 40.3 Å². The van der Waals surface area contributed by atoms with Crippen LogP contribution in [0.1, 0.15) is 28.1 Å². The molecular weight excluding hydrogens is 354 g/mol. The van der Waals surface area contributed by atoms with Crippen molar-refractivity contribution in [1.29, 1.82) is 0 Å². The van der Waals surface area contributed by atoms with E-state index in [2.05, 4.69) is 10.9 Å². The first-order valence-corrected chi connectivity index (χ1v) is 9.14. The number of thiophene rings is 1. The second-order valence-corrected chi connectivity index (χ2v) is 6.99. The molecule has 1 saturated heterocycles. The fourth-order valence-corrected chi connectivity index (χ4v) is 3.63. The smallest absolute Gasteiger partial charge is 0.273 e.